The average molecular weight is 442 g/mol. The molecule has 31 heavy (non-hydrogen) atoms. The maximum atomic E-state index is 13.1. The molecule has 0 bridgehead atoms. The van der Waals surface area contributed by atoms with Crippen LogP contribution in [0.25, 0.3) is 10.6 Å². The molecule has 10 heteroatoms. The summed E-state index contributed by atoms with van der Waals surface area (Å²) in [7, 11) is 0. The normalized spacial score (nSPS) is 18.3. The van der Waals surface area contributed by atoms with E-state index in [4.69, 9.17) is 0 Å². The van der Waals surface area contributed by atoms with E-state index < -0.39 is 23.1 Å². The van der Waals surface area contributed by atoms with Crippen LogP contribution in [0.1, 0.15) is 33.9 Å². The SMILES string of the molecule is O=C1c2c(O)c(=O)c(-c3nnc(Cc4ccc(F)cc4)s3)cn2CC(CO)N1C1CC1. The second-order valence-corrected chi connectivity index (χ2v) is 8.87. The highest BCUT2D eigenvalue weighted by atomic mass is 32.1. The third-order valence-electron chi connectivity index (χ3n) is 5.61. The number of benzene rings is 1. The minimum absolute atomic E-state index is 0.0461. The van der Waals surface area contributed by atoms with Crippen molar-refractivity contribution in [3.8, 4) is 16.3 Å². The van der Waals surface area contributed by atoms with Gasteiger partial charge < -0.3 is 19.7 Å². The molecule has 2 aromatic heterocycles. The lowest BCUT2D eigenvalue weighted by Gasteiger charge is -2.37. The summed E-state index contributed by atoms with van der Waals surface area (Å²) in [6, 6.07) is 5.68. The van der Waals surface area contributed by atoms with Crippen LogP contribution in [-0.2, 0) is 13.0 Å². The first-order valence-electron chi connectivity index (χ1n) is 9.93. The molecule has 5 rings (SSSR count). The third-order valence-corrected chi connectivity index (χ3v) is 6.57. The van der Waals surface area contributed by atoms with Gasteiger partial charge >= 0.3 is 0 Å². The molecular formula is C21H19FN4O4S. The fraction of sp³-hybridized carbons (Fsp3) is 0.333. The highest BCUT2D eigenvalue weighted by Crippen LogP contribution is 2.35. The summed E-state index contributed by atoms with van der Waals surface area (Å²) in [4.78, 5) is 27.4. The summed E-state index contributed by atoms with van der Waals surface area (Å²) >= 11 is 1.20. The topological polar surface area (TPSA) is 109 Å². The quantitative estimate of drug-likeness (QED) is 0.624. The van der Waals surface area contributed by atoms with Gasteiger partial charge in [-0.1, -0.05) is 23.5 Å². The van der Waals surface area contributed by atoms with E-state index in [2.05, 4.69) is 10.2 Å². The van der Waals surface area contributed by atoms with E-state index in [9.17, 15) is 24.2 Å². The highest BCUT2D eigenvalue weighted by Gasteiger charge is 2.43. The van der Waals surface area contributed by atoms with Crippen LogP contribution in [0.5, 0.6) is 5.75 Å². The summed E-state index contributed by atoms with van der Waals surface area (Å²) < 4.78 is 14.6. The van der Waals surface area contributed by atoms with Crippen molar-refractivity contribution in [1.29, 1.82) is 0 Å². The number of carbonyl (C=O) groups excluding carboxylic acids is 1. The molecule has 8 nitrogen and oxygen atoms in total. The number of fused-ring (bicyclic) bond motifs is 1. The first-order chi connectivity index (χ1) is 15.0. The Morgan fingerprint density at radius 3 is 2.58 bits per heavy atom. The Labute approximate surface area is 180 Å². The van der Waals surface area contributed by atoms with Crippen LogP contribution < -0.4 is 5.43 Å². The van der Waals surface area contributed by atoms with E-state index in [1.165, 1.54) is 34.2 Å². The predicted molar refractivity (Wildman–Crippen MR) is 111 cm³/mol. The number of rotatable bonds is 5. The lowest BCUT2D eigenvalue weighted by atomic mass is 10.1. The monoisotopic (exact) mass is 442 g/mol. The van der Waals surface area contributed by atoms with Crippen molar-refractivity contribution in [3.05, 3.63) is 62.8 Å². The molecular weight excluding hydrogens is 423 g/mol. The lowest BCUT2D eigenvalue weighted by Crippen LogP contribution is -2.51. The minimum Gasteiger partial charge on any atom is -0.503 e. The number of aromatic hydroxyl groups is 1. The zero-order valence-electron chi connectivity index (χ0n) is 16.4. The Balaban J connectivity index is 1.50. The summed E-state index contributed by atoms with van der Waals surface area (Å²) in [5.74, 6) is -1.38. The summed E-state index contributed by atoms with van der Waals surface area (Å²) in [6.07, 6.45) is 3.64. The number of nitrogens with zero attached hydrogens (tertiary/aromatic N) is 4. The fourth-order valence-electron chi connectivity index (χ4n) is 3.95. The highest BCUT2D eigenvalue weighted by molar-refractivity contribution is 7.14. The van der Waals surface area contributed by atoms with Gasteiger partial charge in [-0.15, -0.1) is 10.2 Å². The molecule has 1 aliphatic carbocycles. The van der Waals surface area contributed by atoms with Gasteiger partial charge in [0.1, 0.15) is 10.8 Å². The molecule has 0 radical (unpaired) electrons. The molecule has 1 unspecified atom stereocenters. The Hall–Kier alpha value is -3.11. The van der Waals surface area contributed by atoms with Crippen LogP contribution in [0.4, 0.5) is 4.39 Å². The first kappa shape index (κ1) is 19.8. The second-order valence-electron chi connectivity index (χ2n) is 7.81. The van der Waals surface area contributed by atoms with Gasteiger partial charge in [0.15, 0.2) is 16.5 Å². The standard InChI is InChI=1S/C21H19FN4O4S/c22-12-3-1-11(2-4-12)7-16-23-24-20(31-16)15-9-25-8-14(10-27)26(13-5-6-13)21(30)17(25)19(29)18(15)28/h1-4,9,13-14,27,29H,5-8,10H2. The number of hydrogen-bond donors (Lipinski definition) is 2. The van der Waals surface area contributed by atoms with Crippen molar-refractivity contribution in [1.82, 2.24) is 19.7 Å². The van der Waals surface area contributed by atoms with Gasteiger partial charge in [-0.25, -0.2) is 4.39 Å². The molecule has 0 saturated heterocycles. The zero-order valence-corrected chi connectivity index (χ0v) is 17.2. The van der Waals surface area contributed by atoms with E-state index in [1.807, 2.05) is 0 Å². The van der Waals surface area contributed by atoms with Gasteiger partial charge in [0.05, 0.1) is 18.2 Å². The van der Waals surface area contributed by atoms with Crippen molar-refractivity contribution in [2.75, 3.05) is 6.61 Å². The van der Waals surface area contributed by atoms with E-state index in [0.29, 0.717) is 16.4 Å². The molecule has 0 spiro atoms. The predicted octanol–water partition coefficient (Wildman–Crippen LogP) is 1.78. The number of hydrogen-bond acceptors (Lipinski definition) is 7. The first-order valence-corrected chi connectivity index (χ1v) is 10.7. The summed E-state index contributed by atoms with van der Waals surface area (Å²) in [6.45, 7) is 0.0701. The minimum atomic E-state index is -0.678. The molecule has 2 N–H and O–H groups in total. The number of pyridine rings is 1. The Bertz CT molecular complexity index is 1220. The molecule has 160 valence electrons. The van der Waals surface area contributed by atoms with Crippen molar-refractivity contribution in [2.24, 2.45) is 0 Å². The Kier molecular flexibility index (Phi) is 4.82. The number of aliphatic hydroxyl groups is 1. The molecule has 1 aliphatic heterocycles. The molecule has 1 aromatic carbocycles. The van der Waals surface area contributed by atoms with Crippen LogP contribution in [0.15, 0.2) is 35.3 Å². The third kappa shape index (κ3) is 3.51. The Morgan fingerprint density at radius 2 is 1.90 bits per heavy atom. The van der Waals surface area contributed by atoms with E-state index in [1.54, 1.807) is 17.0 Å². The molecule has 1 fully saturated rings. The molecule has 3 aromatic rings. The lowest BCUT2D eigenvalue weighted by molar-refractivity contribution is 0.0451. The van der Waals surface area contributed by atoms with E-state index >= 15 is 0 Å². The average Bonchev–Trinajstić information content (AvgIpc) is 3.49. The maximum absolute atomic E-state index is 13.1. The van der Waals surface area contributed by atoms with Crippen molar-refractivity contribution in [3.63, 3.8) is 0 Å². The number of halogens is 1. The number of aromatic nitrogens is 3. The zero-order chi connectivity index (χ0) is 21.7. The number of aliphatic hydroxyl groups excluding tert-OH is 1. The second kappa shape index (κ2) is 7.54. The number of carbonyl (C=O) groups is 1. The van der Waals surface area contributed by atoms with Crippen LogP contribution in [-0.4, -0.2) is 54.5 Å². The molecule has 1 atom stereocenters. The van der Waals surface area contributed by atoms with Crippen LogP contribution in [0.3, 0.4) is 0 Å². The molecule has 3 heterocycles. The summed E-state index contributed by atoms with van der Waals surface area (Å²) in [5, 5.41) is 29.5. The molecule has 2 aliphatic rings. The van der Waals surface area contributed by atoms with E-state index in [0.717, 1.165) is 18.4 Å². The van der Waals surface area contributed by atoms with Gasteiger partial charge in [-0.2, -0.15) is 0 Å². The van der Waals surface area contributed by atoms with Gasteiger partial charge in [-0.3, -0.25) is 9.59 Å². The van der Waals surface area contributed by atoms with Crippen LogP contribution >= 0.6 is 11.3 Å². The van der Waals surface area contributed by atoms with Crippen LogP contribution in [0, 0.1) is 5.82 Å². The smallest absolute Gasteiger partial charge is 0.275 e. The van der Waals surface area contributed by atoms with E-state index in [-0.39, 0.29) is 36.3 Å². The molecule has 1 amide bonds. The van der Waals surface area contributed by atoms with Gasteiger partial charge in [0, 0.05) is 25.2 Å². The van der Waals surface area contributed by atoms with Crippen LogP contribution in [0.2, 0.25) is 0 Å². The fourth-order valence-corrected chi connectivity index (χ4v) is 4.83. The van der Waals surface area contributed by atoms with Gasteiger partial charge in [0.2, 0.25) is 5.43 Å². The van der Waals surface area contributed by atoms with Gasteiger partial charge in [0.25, 0.3) is 5.91 Å². The summed E-state index contributed by atoms with van der Waals surface area (Å²) in [5.41, 5.74) is 0.266. The van der Waals surface area contributed by atoms with Crippen molar-refractivity contribution >= 4 is 17.2 Å². The van der Waals surface area contributed by atoms with Crippen molar-refractivity contribution in [2.45, 2.75) is 37.9 Å². The maximum Gasteiger partial charge on any atom is 0.275 e. The largest absolute Gasteiger partial charge is 0.503 e. The Morgan fingerprint density at radius 1 is 1.16 bits per heavy atom. The van der Waals surface area contributed by atoms with Crippen molar-refractivity contribution < 1.29 is 19.4 Å². The number of amides is 1. The molecule has 1 saturated carbocycles. The van der Waals surface area contributed by atoms with Gasteiger partial charge in [-0.05, 0) is 30.5 Å².